The van der Waals surface area contributed by atoms with Crippen LogP contribution < -0.4 is 0 Å². The molecular weight excluding hydrogens is 436 g/mol. The third kappa shape index (κ3) is 3.61. The van der Waals surface area contributed by atoms with Crippen molar-refractivity contribution in [2.24, 2.45) is 11.8 Å². The zero-order chi connectivity index (χ0) is 24.1. The number of hydrogen-bond acceptors (Lipinski definition) is 3. The number of rotatable bonds is 5. The van der Waals surface area contributed by atoms with Gasteiger partial charge in [0.05, 0.1) is 28.5 Å². The fourth-order valence-corrected chi connectivity index (χ4v) is 5.80. The van der Waals surface area contributed by atoms with Crippen LogP contribution in [0.25, 0.3) is 33.0 Å². The highest BCUT2D eigenvalue weighted by Crippen LogP contribution is 2.34. The van der Waals surface area contributed by atoms with Crippen LogP contribution in [0.1, 0.15) is 39.1 Å². The van der Waals surface area contributed by atoms with Gasteiger partial charge in [-0.3, -0.25) is 4.79 Å². The molecule has 1 aromatic carbocycles. The maximum Gasteiger partial charge on any atom is 0.227 e. The number of aryl methyl sites for hydroxylation is 1. The zero-order valence-electron chi connectivity index (χ0n) is 20.6. The van der Waals surface area contributed by atoms with Gasteiger partial charge in [-0.05, 0) is 36.6 Å². The summed E-state index contributed by atoms with van der Waals surface area (Å²) in [4.78, 5) is 28.3. The van der Waals surface area contributed by atoms with Crippen molar-refractivity contribution in [2.45, 2.75) is 46.2 Å². The van der Waals surface area contributed by atoms with Gasteiger partial charge in [0.25, 0.3) is 0 Å². The minimum atomic E-state index is -0.117. The van der Waals surface area contributed by atoms with Gasteiger partial charge >= 0.3 is 0 Å². The lowest BCUT2D eigenvalue weighted by Crippen LogP contribution is -2.46. The van der Waals surface area contributed by atoms with E-state index in [4.69, 9.17) is 4.98 Å². The standard InChI is InChI=1S/C28H32N6O/c1-4-25-31-22-7-5-6-8-23(22)34(25)16-19(3)28(35)32-13-10-18(2)24(17-32)33-14-11-20-15-30-27-21(26(20)33)9-12-29-27/h5-9,11-12,14-15,18-19,24H,4,10,13,16-17H2,1-3H3,(H,29,30)/t18-,19?,24+/m1/s1. The molecule has 0 aliphatic carbocycles. The summed E-state index contributed by atoms with van der Waals surface area (Å²) in [5.74, 6) is 1.64. The molecule has 1 fully saturated rings. The van der Waals surface area contributed by atoms with E-state index in [9.17, 15) is 4.79 Å². The Balaban J connectivity index is 1.27. The first-order valence-electron chi connectivity index (χ1n) is 12.7. The van der Waals surface area contributed by atoms with Crippen LogP contribution in [-0.2, 0) is 17.8 Å². The fourth-order valence-electron chi connectivity index (χ4n) is 5.80. The SMILES string of the molecule is CCc1nc2ccccc2n1CC(C)C(=O)N1CC[C@@H](C)[C@@H](n2ccc3cnc4[nH]ccc4c32)C1. The molecule has 180 valence electrons. The molecule has 1 saturated heterocycles. The van der Waals surface area contributed by atoms with Crippen molar-refractivity contribution in [3.05, 3.63) is 60.8 Å². The molecule has 7 heteroatoms. The summed E-state index contributed by atoms with van der Waals surface area (Å²) >= 11 is 0. The van der Waals surface area contributed by atoms with E-state index in [0.717, 1.165) is 59.2 Å². The van der Waals surface area contributed by atoms with Crippen LogP contribution in [-0.4, -0.2) is 48.0 Å². The number of pyridine rings is 1. The first-order chi connectivity index (χ1) is 17.0. The average Bonchev–Trinajstić information content (AvgIpc) is 3.60. The van der Waals surface area contributed by atoms with E-state index >= 15 is 0 Å². The second-order valence-corrected chi connectivity index (χ2v) is 10.0. The Kier molecular flexibility index (Phi) is 5.35. The van der Waals surface area contributed by atoms with Crippen molar-refractivity contribution in [1.29, 1.82) is 0 Å². The quantitative estimate of drug-likeness (QED) is 0.387. The van der Waals surface area contributed by atoms with Crippen LogP contribution in [0.4, 0.5) is 0 Å². The number of aromatic nitrogens is 5. The van der Waals surface area contributed by atoms with Crippen molar-refractivity contribution in [1.82, 2.24) is 29.0 Å². The number of nitrogens with one attached hydrogen (secondary N) is 1. The highest BCUT2D eigenvalue weighted by Gasteiger charge is 2.33. The Hall–Kier alpha value is -3.61. The maximum atomic E-state index is 13.7. The molecule has 1 unspecified atom stereocenters. The van der Waals surface area contributed by atoms with Gasteiger partial charge in [-0.2, -0.15) is 0 Å². The van der Waals surface area contributed by atoms with Crippen LogP contribution in [0.2, 0.25) is 0 Å². The number of carbonyl (C=O) groups excluding carboxylic acids is 1. The van der Waals surface area contributed by atoms with Crippen molar-refractivity contribution >= 4 is 38.9 Å². The second kappa shape index (κ2) is 8.56. The first kappa shape index (κ1) is 21.9. The molecule has 4 aromatic heterocycles. The molecule has 0 radical (unpaired) electrons. The van der Waals surface area contributed by atoms with Gasteiger partial charge in [-0.25, -0.2) is 9.97 Å². The molecule has 6 rings (SSSR count). The third-order valence-electron chi connectivity index (χ3n) is 7.77. The number of likely N-dealkylation sites (tertiary alicyclic amines) is 1. The number of piperidine rings is 1. The van der Waals surface area contributed by atoms with Gasteiger partial charge in [0.15, 0.2) is 0 Å². The van der Waals surface area contributed by atoms with Crippen molar-refractivity contribution in [2.75, 3.05) is 13.1 Å². The fraction of sp³-hybridized carbons (Fsp3) is 0.393. The number of fused-ring (bicyclic) bond motifs is 4. The van der Waals surface area contributed by atoms with Crippen LogP contribution in [0.15, 0.2) is 55.0 Å². The second-order valence-electron chi connectivity index (χ2n) is 10.0. The smallest absolute Gasteiger partial charge is 0.227 e. The van der Waals surface area contributed by atoms with Gasteiger partial charge in [0, 0.05) is 55.4 Å². The highest BCUT2D eigenvalue weighted by molar-refractivity contribution is 6.02. The Morgan fingerprint density at radius 1 is 1.23 bits per heavy atom. The third-order valence-corrected chi connectivity index (χ3v) is 7.77. The summed E-state index contributed by atoms with van der Waals surface area (Å²) in [6.07, 6.45) is 7.90. The Morgan fingerprint density at radius 3 is 2.94 bits per heavy atom. The van der Waals surface area contributed by atoms with Crippen LogP contribution >= 0.6 is 0 Å². The summed E-state index contributed by atoms with van der Waals surface area (Å²) in [6, 6.07) is 12.7. The molecule has 7 nitrogen and oxygen atoms in total. The van der Waals surface area contributed by atoms with Crippen molar-refractivity contribution < 1.29 is 4.79 Å². The van der Waals surface area contributed by atoms with E-state index in [1.807, 2.05) is 30.6 Å². The number of aromatic amines is 1. The van der Waals surface area contributed by atoms with Crippen molar-refractivity contribution in [3.8, 4) is 0 Å². The summed E-state index contributed by atoms with van der Waals surface area (Å²) in [5, 5.41) is 2.27. The average molecular weight is 469 g/mol. The van der Waals surface area contributed by atoms with Gasteiger partial charge in [-0.1, -0.05) is 32.9 Å². The van der Waals surface area contributed by atoms with E-state index in [-0.39, 0.29) is 17.9 Å². The van der Waals surface area contributed by atoms with E-state index in [1.54, 1.807) is 0 Å². The lowest BCUT2D eigenvalue weighted by molar-refractivity contribution is -0.137. The Morgan fingerprint density at radius 2 is 2.09 bits per heavy atom. The number of benzene rings is 1. The molecule has 1 N–H and O–H groups in total. The number of carbonyl (C=O) groups is 1. The lowest BCUT2D eigenvalue weighted by Gasteiger charge is -2.39. The van der Waals surface area contributed by atoms with Gasteiger partial charge < -0.3 is 19.0 Å². The largest absolute Gasteiger partial charge is 0.346 e. The van der Waals surface area contributed by atoms with Crippen LogP contribution in [0, 0.1) is 11.8 Å². The summed E-state index contributed by atoms with van der Waals surface area (Å²) in [7, 11) is 0. The molecule has 35 heavy (non-hydrogen) atoms. The maximum absolute atomic E-state index is 13.7. The van der Waals surface area contributed by atoms with Gasteiger partial charge in [0.2, 0.25) is 5.91 Å². The molecule has 3 atom stereocenters. The summed E-state index contributed by atoms with van der Waals surface area (Å²) in [6.45, 7) is 8.69. The van der Waals surface area contributed by atoms with E-state index in [0.29, 0.717) is 12.5 Å². The topological polar surface area (TPSA) is 71.7 Å². The minimum absolute atomic E-state index is 0.117. The Labute approximate surface area is 204 Å². The van der Waals surface area contributed by atoms with Gasteiger partial charge in [-0.15, -0.1) is 0 Å². The van der Waals surface area contributed by atoms with Crippen LogP contribution in [0.5, 0.6) is 0 Å². The zero-order valence-corrected chi connectivity index (χ0v) is 20.6. The summed E-state index contributed by atoms with van der Waals surface area (Å²) in [5.41, 5.74) is 4.22. The normalized spacial score (nSPS) is 19.7. The van der Waals surface area contributed by atoms with Gasteiger partial charge in [0.1, 0.15) is 11.5 Å². The molecule has 1 amide bonds. The molecule has 1 aliphatic rings. The van der Waals surface area contributed by atoms with E-state index in [2.05, 4.69) is 69.2 Å². The molecule has 0 spiro atoms. The van der Waals surface area contributed by atoms with Crippen LogP contribution in [0.3, 0.4) is 0 Å². The lowest BCUT2D eigenvalue weighted by atomic mass is 9.92. The van der Waals surface area contributed by atoms with E-state index in [1.165, 1.54) is 5.52 Å². The minimum Gasteiger partial charge on any atom is -0.346 e. The number of H-pyrrole nitrogens is 1. The number of imidazole rings is 1. The highest BCUT2D eigenvalue weighted by atomic mass is 16.2. The number of amides is 1. The Bertz CT molecular complexity index is 1520. The predicted octanol–water partition coefficient (Wildman–Crippen LogP) is 5.18. The molecule has 5 heterocycles. The molecule has 5 aromatic rings. The summed E-state index contributed by atoms with van der Waals surface area (Å²) < 4.78 is 4.61. The first-order valence-corrected chi connectivity index (χ1v) is 12.7. The number of hydrogen-bond donors (Lipinski definition) is 1. The number of para-hydroxylation sites is 2. The number of nitrogens with zero attached hydrogens (tertiary/aromatic N) is 5. The monoisotopic (exact) mass is 468 g/mol. The predicted molar refractivity (Wildman–Crippen MR) is 139 cm³/mol. The molecule has 0 saturated carbocycles. The molecule has 0 bridgehead atoms. The van der Waals surface area contributed by atoms with Crippen molar-refractivity contribution in [3.63, 3.8) is 0 Å². The molecule has 1 aliphatic heterocycles. The molecular formula is C28H32N6O. The van der Waals surface area contributed by atoms with E-state index < -0.39 is 0 Å².